The minimum Gasteiger partial charge on any atom is -0.273 e. The van der Waals surface area contributed by atoms with Gasteiger partial charge < -0.3 is 0 Å². The summed E-state index contributed by atoms with van der Waals surface area (Å²) < 4.78 is 0. The second kappa shape index (κ2) is 3.01. The zero-order chi connectivity index (χ0) is 7.40. The molecule has 0 fully saturated rings. The number of benzene rings is 1. The molecule has 0 aliphatic carbocycles. The Hall–Kier alpha value is -1.31. The lowest BCUT2D eigenvalue weighted by Gasteiger charge is -1.94. The van der Waals surface area contributed by atoms with E-state index in [1.165, 1.54) is 6.92 Å². The van der Waals surface area contributed by atoms with E-state index in [2.05, 4.69) is 5.32 Å². The van der Waals surface area contributed by atoms with Crippen molar-refractivity contribution in [1.82, 2.24) is 5.32 Å². The fraction of sp³-hybridized carbons (Fsp3) is 0.125. The molecule has 0 heterocycles. The molecule has 0 saturated carbocycles. The quantitative estimate of drug-likeness (QED) is 0.572. The molecule has 1 aromatic carbocycles. The third-order valence-corrected chi connectivity index (χ3v) is 1.04. The Bertz CT molecular complexity index is 218. The lowest BCUT2D eigenvalue weighted by atomic mass is 10.3. The van der Waals surface area contributed by atoms with Gasteiger partial charge in [-0.2, -0.15) is 0 Å². The predicted molar refractivity (Wildman–Crippen MR) is 38.9 cm³/mol. The second-order valence-electron chi connectivity index (χ2n) is 1.97. The molecule has 0 aliphatic heterocycles. The minimum atomic E-state index is -0.161. The van der Waals surface area contributed by atoms with Crippen LogP contribution in [0.5, 0.6) is 0 Å². The Labute approximate surface area is 59.9 Å². The normalized spacial score (nSPS) is 8.90. The van der Waals surface area contributed by atoms with Crippen LogP contribution in [-0.2, 0) is 4.79 Å². The van der Waals surface area contributed by atoms with E-state index in [-0.39, 0.29) is 5.91 Å². The number of carbonyl (C=O) groups is 1. The van der Waals surface area contributed by atoms with Crippen molar-refractivity contribution in [2.45, 2.75) is 6.92 Å². The molecular formula is C8H8NO. The van der Waals surface area contributed by atoms with Crippen LogP contribution in [0, 0.1) is 0 Å². The van der Waals surface area contributed by atoms with E-state index in [0.717, 1.165) is 5.69 Å². The Kier molecular flexibility index (Phi) is 2.05. The number of rotatable bonds is 1. The number of carbonyl (C=O) groups excluding carboxylic acids is 1. The number of hydrogen-bond donors (Lipinski definition) is 0. The summed E-state index contributed by atoms with van der Waals surface area (Å²) >= 11 is 0. The van der Waals surface area contributed by atoms with Crippen molar-refractivity contribution in [3.05, 3.63) is 30.3 Å². The summed E-state index contributed by atoms with van der Waals surface area (Å²) in [5, 5.41) is 3.72. The van der Waals surface area contributed by atoms with Gasteiger partial charge in [0.15, 0.2) is 0 Å². The van der Waals surface area contributed by atoms with Crippen LogP contribution in [0.15, 0.2) is 30.3 Å². The number of hydrogen-bond acceptors (Lipinski definition) is 1. The van der Waals surface area contributed by atoms with Crippen molar-refractivity contribution < 1.29 is 4.79 Å². The molecule has 0 unspecified atom stereocenters. The summed E-state index contributed by atoms with van der Waals surface area (Å²) in [7, 11) is 0. The van der Waals surface area contributed by atoms with Crippen molar-refractivity contribution in [2.75, 3.05) is 0 Å². The maximum absolute atomic E-state index is 10.4. The van der Waals surface area contributed by atoms with Crippen molar-refractivity contribution in [2.24, 2.45) is 0 Å². The van der Waals surface area contributed by atoms with E-state index < -0.39 is 0 Å². The van der Waals surface area contributed by atoms with Crippen molar-refractivity contribution in [1.29, 1.82) is 0 Å². The van der Waals surface area contributed by atoms with Gasteiger partial charge >= 0.3 is 0 Å². The molecular weight excluding hydrogens is 126 g/mol. The molecule has 51 valence electrons. The topological polar surface area (TPSA) is 31.2 Å². The standard InChI is InChI=1S/C8H8NO/c1-7(10)9-8-5-3-2-4-6-8/h2-6H,1H3. The molecule has 1 aromatic rings. The highest BCUT2D eigenvalue weighted by Gasteiger charge is 1.93. The Balaban J connectivity index is 2.67. The first kappa shape index (κ1) is 6.81. The van der Waals surface area contributed by atoms with E-state index in [1.54, 1.807) is 12.1 Å². The first-order valence-electron chi connectivity index (χ1n) is 3.06. The zero-order valence-corrected chi connectivity index (χ0v) is 5.74. The Morgan fingerprint density at radius 2 is 1.90 bits per heavy atom. The van der Waals surface area contributed by atoms with Crippen LogP contribution in [0.25, 0.3) is 0 Å². The Morgan fingerprint density at radius 1 is 1.30 bits per heavy atom. The second-order valence-corrected chi connectivity index (χ2v) is 1.97. The van der Waals surface area contributed by atoms with E-state index >= 15 is 0 Å². The van der Waals surface area contributed by atoms with Gasteiger partial charge in [-0.15, -0.1) is 0 Å². The van der Waals surface area contributed by atoms with Gasteiger partial charge in [-0.1, -0.05) is 18.2 Å². The molecule has 0 bridgehead atoms. The molecule has 0 atom stereocenters. The van der Waals surface area contributed by atoms with E-state index in [0.29, 0.717) is 0 Å². The van der Waals surface area contributed by atoms with Crippen LogP contribution >= 0.6 is 0 Å². The van der Waals surface area contributed by atoms with Gasteiger partial charge in [-0.05, 0) is 12.1 Å². The lowest BCUT2D eigenvalue weighted by molar-refractivity contribution is -0.118. The van der Waals surface area contributed by atoms with Crippen LogP contribution in [0.1, 0.15) is 6.92 Å². The monoisotopic (exact) mass is 134 g/mol. The molecule has 1 amide bonds. The first-order valence-corrected chi connectivity index (χ1v) is 3.06. The van der Waals surface area contributed by atoms with Gasteiger partial charge in [-0.3, -0.25) is 4.79 Å². The largest absolute Gasteiger partial charge is 0.273 e. The maximum atomic E-state index is 10.4. The van der Waals surface area contributed by atoms with Gasteiger partial charge in [-0.25, -0.2) is 5.32 Å². The summed E-state index contributed by atoms with van der Waals surface area (Å²) in [4.78, 5) is 10.4. The zero-order valence-electron chi connectivity index (χ0n) is 5.74. The van der Waals surface area contributed by atoms with Crippen LogP contribution < -0.4 is 5.32 Å². The van der Waals surface area contributed by atoms with Gasteiger partial charge in [0.1, 0.15) is 0 Å². The van der Waals surface area contributed by atoms with E-state index in [1.807, 2.05) is 18.2 Å². The lowest BCUT2D eigenvalue weighted by Crippen LogP contribution is -2.03. The molecule has 0 N–H and O–H groups in total. The third-order valence-electron chi connectivity index (χ3n) is 1.04. The molecule has 1 rings (SSSR count). The number of para-hydroxylation sites is 1. The van der Waals surface area contributed by atoms with Crippen molar-refractivity contribution >= 4 is 11.6 Å². The highest BCUT2D eigenvalue weighted by Crippen LogP contribution is 2.03. The molecule has 2 nitrogen and oxygen atoms in total. The third kappa shape index (κ3) is 1.90. The fourth-order valence-corrected chi connectivity index (χ4v) is 0.684. The van der Waals surface area contributed by atoms with Gasteiger partial charge in [0.05, 0.1) is 5.69 Å². The highest BCUT2D eigenvalue weighted by atomic mass is 16.1. The SMILES string of the molecule is CC(=O)[N]c1ccccc1. The summed E-state index contributed by atoms with van der Waals surface area (Å²) in [6.45, 7) is 1.44. The average Bonchev–Trinajstić information content (AvgIpc) is 1.88. The molecule has 1 radical (unpaired) electrons. The summed E-state index contributed by atoms with van der Waals surface area (Å²) in [5.74, 6) is -0.161. The van der Waals surface area contributed by atoms with Crippen molar-refractivity contribution in [3.63, 3.8) is 0 Å². The molecule has 0 aromatic heterocycles. The number of amides is 1. The van der Waals surface area contributed by atoms with Gasteiger partial charge in [0.2, 0.25) is 5.91 Å². The average molecular weight is 134 g/mol. The Morgan fingerprint density at radius 3 is 2.40 bits per heavy atom. The molecule has 0 spiro atoms. The summed E-state index contributed by atoms with van der Waals surface area (Å²) in [5.41, 5.74) is 0.718. The minimum absolute atomic E-state index is 0.161. The van der Waals surface area contributed by atoms with Crippen LogP contribution in [0.4, 0.5) is 5.69 Å². The molecule has 0 saturated heterocycles. The smallest absolute Gasteiger partial charge is 0.243 e. The first-order chi connectivity index (χ1) is 4.79. The predicted octanol–water partition coefficient (Wildman–Crippen LogP) is 1.47. The summed E-state index contributed by atoms with van der Waals surface area (Å²) in [6.07, 6.45) is 0. The van der Waals surface area contributed by atoms with Crippen LogP contribution in [-0.4, -0.2) is 5.91 Å². The maximum Gasteiger partial charge on any atom is 0.243 e. The fourth-order valence-electron chi connectivity index (χ4n) is 0.684. The van der Waals surface area contributed by atoms with E-state index in [9.17, 15) is 4.79 Å². The number of nitrogens with zero attached hydrogens (tertiary/aromatic N) is 1. The van der Waals surface area contributed by atoms with Crippen molar-refractivity contribution in [3.8, 4) is 0 Å². The van der Waals surface area contributed by atoms with Crippen LogP contribution in [0.3, 0.4) is 0 Å². The molecule has 10 heavy (non-hydrogen) atoms. The van der Waals surface area contributed by atoms with Gasteiger partial charge in [0.25, 0.3) is 0 Å². The molecule has 2 heteroatoms. The van der Waals surface area contributed by atoms with Crippen LogP contribution in [0.2, 0.25) is 0 Å². The van der Waals surface area contributed by atoms with Gasteiger partial charge in [0, 0.05) is 6.92 Å². The van der Waals surface area contributed by atoms with E-state index in [4.69, 9.17) is 0 Å². The summed E-state index contributed by atoms with van der Waals surface area (Å²) in [6, 6.07) is 9.17. The highest BCUT2D eigenvalue weighted by molar-refractivity contribution is 5.77. The molecule has 0 aliphatic rings.